The van der Waals surface area contributed by atoms with E-state index in [1.165, 1.54) is 22.7 Å². The summed E-state index contributed by atoms with van der Waals surface area (Å²) in [5, 5.41) is 5.67. The summed E-state index contributed by atoms with van der Waals surface area (Å²) in [6.07, 6.45) is 3.27. The van der Waals surface area contributed by atoms with Crippen LogP contribution < -0.4 is 4.31 Å². The van der Waals surface area contributed by atoms with Gasteiger partial charge in [0.15, 0.2) is 0 Å². The zero-order valence-electron chi connectivity index (χ0n) is 16.7. The van der Waals surface area contributed by atoms with Gasteiger partial charge in [0, 0.05) is 25.0 Å². The summed E-state index contributed by atoms with van der Waals surface area (Å²) in [5.74, 6) is 0.884. The Balaban J connectivity index is 1.67. The summed E-state index contributed by atoms with van der Waals surface area (Å²) < 4.78 is 33.3. The number of rotatable bonds is 6. The van der Waals surface area contributed by atoms with Gasteiger partial charge in [0.05, 0.1) is 5.69 Å². The van der Waals surface area contributed by atoms with Crippen molar-refractivity contribution < 1.29 is 12.9 Å². The molecule has 154 valence electrons. The van der Waals surface area contributed by atoms with E-state index < -0.39 is 10.0 Å². The molecule has 1 aromatic carbocycles. The van der Waals surface area contributed by atoms with Crippen LogP contribution in [0.2, 0.25) is 0 Å². The number of benzene rings is 1. The van der Waals surface area contributed by atoms with E-state index in [9.17, 15) is 8.42 Å². The summed E-state index contributed by atoms with van der Waals surface area (Å²) in [7, 11) is -2.27. The van der Waals surface area contributed by atoms with E-state index in [4.69, 9.17) is 4.52 Å². The number of anilines is 1. The van der Waals surface area contributed by atoms with Crippen LogP contribution >= 0.6 is 11.3 Å². The lowest BCUT2D eigenvalue weighted by atomic mass is 10.0. The lowest BCUT2D eigenvalue weighted by Crippen LogP contribution is -2.26. The molecule has 0 amide bonds. The Labute approximate surface area is 179 Å². The van der Waals surface area contributed by atoms with Crippen LogP contribution in [0.1, 0.15) is 25.3 Å². The Bertz CT molecular complexity index is 1250. The van der Waals surface area contributed by atoms with Crippen molar-refractivity contribution >= 4 is 27.0 Å². The van der Waals surface area contributed by atoms with Crippen LogP contribution in [0.3, 0.4) is 0 Å². The summed E-state index contributed by atoms with van der Waals surface area (Å²) in [4.78, 5) is 8.95. The molecule has 7 nitrogen and oxygen atoms in total. The molecule has 30 heavy (non-hydrogen) atoms. The Morgan fingerprint density at radius 3 is 2.53 bits per heavy atom. The van der Waals surface area contributed by atoms with Gasteiger partial charge in [-0.3, -0.25) is 9.29 Å². The molecule has 4 aromatic rings. The standard InChI is InChI=1S/C21H20N4O3S2/c1-14(2)15-6-8-17(9-7-15)25(3)30(26,27)18-10-12-29-19(18)21-23-20(24-28-21)16-5-4-11-22-13-16/h4-14H,1-3H3. The molecule has 0 radical (unpaired) electrons. The number of hydrogen-bond acceptors (Lipinski definition) is 7. The van der Waals surface area contributed by atoms with E-state index in [0.29, 0.717) is 27.9 Å². The topological polar surface area (TPSA) is 89.2 Å². The molecule has 0 saturated carbocycles. The second-order valence-corrected chi connectivity index (χ2v) is 9.85. The third-order valence-electron chi connectivity index (χ3n) is 4.73. The second kappa shape index (κ2) is 8.00. The molecule has 0 spiro atoms. The molecular formula is C21H20N4O3S2. The highest BCUT2D eigenvalue weighted by Gasteiger charge is 2.28. The minimum atomic E-state index is -3.81. The Morgan fingerprint density at radius 1 is 1.10 bits per heavy atom. The Hall–Kier alpha value is -3.04. The van der Waals surface area contributed by atoms with E-state index in [1.807, 2.05) is 30.3 Å². The fourth-order valence-electron chi connectivity index (χ4n) is 2.94. The van der Waals surface area contributed by atoms with Crippen molar-refractivity contribution in [2.24, 2.45) is 0 Å². The molecule has 0 saturated heterocycles. The third-order valence-corrected chi connectivity index (χ3v) is 7.59. The molecule has 0 unspecified atom stereocenters. The first kappa shape index (κ1) is 20.2. The average Bonchev–Trinajstić information content (AvgIpc) is 3.43. The van der Waals surface area contributed by atoms with E-state index >= 15 is 0 Å². The predicted molar refractivity (Wildman–Crippen MR) is 117 cm³/mol. The van der Waals surface area contributed by atoms with Gasteiger partial charge in [0.2, 0.25) is 5.82 Å². The fraction of sp³-hybridized carbons (Fsp3) is 0.190. The van der Waals surface area contributed by atoms with E-state index in [1.54, 1.807) is 29.9 Å². The third kappa shape index (κ3) is 3.73. The highest BCUT2D eigenvalue weighted by molar-refractivity contribution is 7.93. The predicted octanol–water partition coefficient (Wildman–Crippen LogP) is 4.81. The summed E-state index contributed by atoms with van der Waals surface area (Å²) in [5.41, 5.74) is 2.42. The zero-order valence-corrected chi connectivity index (χ0v) is 18.3. The maximum Gasteiger partial charge on any atom is 0.269 e. The molecule has 3 aromatic heterocycles. The van der Waals surface area contributed by atoms with Crippen LogP contribution in [0, 0.1) is 0 Å². The van der Waals surface area contributed by atoms with Gasteiger partial charge in [-0.1, -0.05) is 31.1 Å². The summed E-state index contributed by atoms with van der Waals surface area (Å²) >= 11 is 1.24. The van der Waals surface area contributed by atoms with Gasteiger partial charge in [-0.2, -0.15) is 4.98 Å². The monoisotopic (exact) mass is 440 g/mol. The molecule has 0 aliphatic rings. The van der Waals surface area contributed by atoms with Crippen molar-refractivity contribution in [2.75, 3.05) is 11.4 Å². The van der Waals surface area contributed by atoms with Crippen LogP contribution in [0.25, 0.3) is 22.2 Å². The van der Waals surface area contributed by atoms with Gasteiger partial charge < -0.3 is 4.52 Å². The van der Waals surface area contributed by atoms with Crippen LogP contribution in [-0.2, 0) is 10.0 Å². The maximum absolute atomic E-state index is 13.3. The van der Waals surface area contributed by atoms with Crippen LogP contribution in [0.15, 0.2) is 69.7 Å². The Morgan fingerprint density at radius 2 is 1.87 bits per heavy atom. The van der Waals surface area contributed by atoms with E-state index in [2.05, 4.69) is 29.0 Å². The maximum atomic E-state index is 13.3. The first-order valence-electron chi connectivity index (χ1n) is 9.29. The van der Waals surface area contributed by atoms with Gasteiger partial charge in [-0.25, -0.2) is 8.42 Å². The molecule has 0 N–H and O–H groups in total. The summed E-state index contributed by atoms with van der Waals surface area (Å²) in [6.45, 7) is 4.19. The van der Waals surface area contributed by atoms with Gasteiger partial charge in [0.1, 0.15) is 9.77 Å². The molecule has 4 rings (SSSR count). The molecule has 0 aliphatic carbocycles. The number of sulfonamides is 1. The van der Waals surface area contributed by atoms with E-state index in [-0.39, 0.29) is 10.8 Å². The smallest absolute Gasteiger partial charge is 0.269 e. The van der Waals surface area contributed by atoms with Crippen molar-refractivity contribution in [1.29, 1.82) is 0 Å². The number of hydrogen-bond donors (Lipinski definition) is 0. The van der Waals surface area contributed by atoms with Crippen molar-refractivity contribution in [3.8, 4) is 22.2 Å². The first-order valence-corrected chi connectivity index (χ1v) is 11.6. The molecule has 0 bridgehead atoms. The Kier molecular flexibility index (Phi) is 5.40. The molecule has 0 aliphatic heterocycles. The lowest BCUT2D eigenvalue weighted by molar-refractivity contribution is 0.432. The number of pyridine rings is 1. The lowest BCUT2D eigenvalue weighted by Gasteiger charge is -2.20. The van der Waals surface area contributed by atoms with Gasteiger partial charge >= 0.3 is 0 Å². The molecule has 3 heterocycles. The number of aromatic nitrogens is 3. The van der Waals surface area contributed by atoms with Crippen LogP contribution in [-0.4, -0.2) is 30.6 Å². The number of nitrogens with zero attached hydrogens (tertiary/aromatic N) is 4. The summed E-state index contributed by atoms with van der Waals surface area (Å²) in [6, 6.07) is 12.6. The molecule has 0 atom stereocenters. The highest BCUT2D eigenvalue weighted by Crippen LogP contribution is 2.35. The minimum absolute atomic E-state index is 0.129. The molecule has 9 heteroatoms. The zero-order chi connectivity index (χ0) is 21.3. The molecule has 0 fully saturated rings. The SMILES string of the molecule is CC(C)c1ccc(N(C)S(=O)(=O)c2ccsc2-c2nc(-c3cccnc3)no2)cc1. The largest absolute Gasteiger partial charge is 0.333 e. The van der Waals surface area contributed by atoms with Crippen molar-refractivity contribution in [1.82, 2.24) is 15.1 Å². The van der Waals surface area contributed by atoms with Crippen LogP contribution in [0.5, 0.6) is 0 Å². The first-order chi connectivity index (χ1) is 14.4. The molecular weight excluding hydrogens is 420 g/mol. The van der Waals surface area contributed by atoms with Gasteiger partial charge in [-0.15, -0.1) is 11.3 Å². The van der Waals surface area contributed by atoms with E-state index in [0.717, 1.165) is 5.56 Å². The normalized spacial score (nSPS) is 11.7. The fourth-order valence-corrected chi connectivity index (χ4v) is 5.45. The van der Waals surface area contributed by atoms with Crippen molar-refractivity contribution in [2.45, 2.75) is 24.7 Å². The number of thiophene rings is 1. The van der Waals surface area contributed by atoms with Gasteiger partial charge in [0.25, 0.3) is 15.9 Å². The second-order valence-electron chi connectivity index (χ2n) is 7.00. The van der Waals surface area contributed by atoms with Crippen molar-refractivity contribution in [3.05, 3.63) is 65.8 Å². The average molecular weight is 441 g/mol. The highest BCUT2D eigenvalue weighted by atomic mass is 32.2. The van der Waals surface area contributed by atoms with Crippen LogP contribution in [0.4, 0.5) is 5.69 Å². The van der Waals surface area contributed by atoms with Gasteiger partial charge in [-0.05, 0) is 47.2 Å². The quantitative estimate of drug-likeness (QED) is 0.427. The minimum Gasteiger partial charge on any atom is -0.333 e. The van der Waals surface area contributed by atoms with Crippen molar-refractivity contribution in [3.63, 3.8) is 0 Å².